The van der Waals surface area contributed by atoms with Gasteiger partial charge >= 0.3 is 0 Å². The van der Waals surface area contributed by atoms with Crippen LogP contribution in [0.1, 0.15) is 19.3 Å². The molecule has 4 nitrogen and oxygen atoms in total. The molecule has 0 bridgehead atoms. The molecule has 5 heteroatoms. The van der Waals surface area contributed by atoms with Crippen molar-refractivity contribution < 1.29 is 4.79 Å². The summed E-state index contributed by atoms with van der Waals surface area (Å²) in [6.07, 6.45) is 3.12. The normalized spacial score (nSPS) is 31.1. The van der Waals surface area contributed by atoms with Gasteiger partial charge < -0.3 is 16.0 Å². The van der Waals surface area contributed by atoms with Crippen molar-refractivity contribution in [2.75, 3.05) is 26.2 Å². The molecule has 0 aromatic heterocycles. The maximum absolute atomic E-state index is 12.0. The highest BCUT2D eigenvalue weighted by Gasteiger charge is 2.29. The molecule has 2 saturated heterocycles. The molecule has 2 aliphatic rings. The van der Waals surface area contributed by atoms with Crippen LogP contribution in [-0.2, 0) is 4.79 Å². The molecule has 0 aromatic rings. The second-order valence-corrected chi connectivity index (χ2v) is 4.38. The van der Waals surface area contributed by atoms with E-state index in [1.807, 2.05) is 4.90 Å². The average Bonchev–Trinajstić information content (AvgIpc) is 2.69. The molecule has 2 aliphatic heterocycles. The fraction of sp³-hybridized carbons (Fsp3) is 0.900. The van der Waals surface area contributed by atoms with Crippen LogP contribution < -0.4 is 11.1 Å². The Kier molecular flexibility index (Phi) is 4.83. The summed E-state index contributed by atoms with van der Waals surface area (Å²) in [5, 5.41) is 3.22. The SMILES string of the molecule is Cl.NC1CCCN(C(=O)[C@H]2CCNC2)C1. The lowest BCUT2D eigenvalue weighted by Gasteiger charge is -2.32. The number of piperidine rings is 1. The Labute approximate surface area is 97.0 Å². The largest absolute Gasteiger partial charge is 0.341 e. The summed E-state index contributed by atoms with van der Waals surface area (Å²) < 4.78 is 0. The van der Waals surface area contributed by atoms with Crippen molar-refractivity contribution >= 4 is 18.3 Å². The zero-order valence-electron chi connectivity index (χ0n) is 8.95. The number of halogens is 1. The lowest BCUT2D eigenvalue weighted by Crippen LogP contribution is -2.48. The molecule has 0 aliphatic carbocycles. The third-order valence-corrected chi connectivity index (χ3v) is 3.18. The fourth-order valence-electron chi connectivity index (χ4n) is 2.33. The van der Waals surface area contributed by atoms with Crippen molar-refractivity contribution in [2.24, 2.45) is 11.7 Å². The number of hydrogen-bond acceptors (Lipinski definition) is 3. The topological polar surface area (TPSA) is 58.4 Å². The van der Waals surface area contributed by atoms with Gasteiger partial charge in [-0.1, -0.05) is 0 Å². The van der Waals surface area contributed by atoms with Gasteiger partial charge in [0.05, 0.1) is 5.92 Å². The van der Waals surface area contributed by atoms with E-state index < -0.39 is 0 Å². The molecular weight excluding hydrogens is 214 g/mol. The standard InChI is InChI=1S/C10H19N3O.ClH/c11-9-2-1-5-13(7-9)10(14)8-3-4-12-6-8;/h8-9,12H,1-7,11H2;1H/t8-,9?;/m0./s1. The van der Waals surface area contributed by atoms with Crippen LogP contribution in [0.25, 0.3) is 0 Å². The maximum atomic E-state index is 12.0. The van der Waals surface area contributed by atoms with Crippen molar-refractivity contribution in [1.29, 1.82) is 0 Å². The predicted octanol–water partition coefficient (Wildman–Crippen LogP) is -0.0326. The first-order valence-electron chi connectivity index (χ1n) is 5.52. The van der Waals surface area contributed by atoms with Crippen LogP contribution in [0.2, 0.25) is 0 Å². The number of rotatable bonds is 1. The number of carbonyl (C=O) groups is 1. The minimum Gasteiger partial charge on any atom is -0.341 e. The van der Waals surface area contributed by atoms with E-state index in [0.29, 0.717) is 5.91 Å². The highest BCUT2D eigenvalue weighted by atomic mass is 35.5. The smallest absolute Gasteiger partial charge is 0.227 e. The van der Waals surface area contributed by atoms with Gasteiger partial charge in [0.15, 0.2) is 0 Å². The van der Waals surface area contributed by atoms with Gasteiger partial charge in [-0.25, -0.2) is 0 Å². The Balaban J connectivity index is 0.00000112. The van der Waals surface area contributed by atoms with E-state index in [4.69, 9.17) is 5.73 Å². The predicted molar refractivity (Wildman–Crippen MR) is 62.0 cm³/mol. The van der Waals surface area contributed by atoms with E-state index >= 15 is 0 Å². The molecule has 2 heterocycles. The Bertz CT molecular complexity index is 219. The number of carbonyl (C=O) groups excluding carboxylic acids is 1. The average molecular weight is 234 g/mol. The highest BCUT2D eigenvalue weighted by molar-refractivity contribution is 5.85. The molecule has 1 amide bonds. The second kappa shape index (κ2) is 5.68. The molecule has 3 N–H and O–H groups in total. The molecule has 2 fully saturated rings. The maximum Gasteiger partial charge on any atom is 0.227 e. The third kappa shape index (κ3) is 3.06. The van der Waals surface area contributed by atoms with Gasteiger partial charge in [-0.2, -0.15) is 0 Å². The van der Waals surface area contributed by atoms with E-state index in [1.165, 1.54) is 0 Å². The number of hydrogen-bond donors (Lipinski definition) is 2. The van der Waals surface area contributed by atoms with Crippen molar-refractivity contribution in [3.8, 4) is 0 Å². The lowest BCUT2D eigenvalue weighted by molar-refractivity contribution is -0.136. The van der Waals surface area contributed by atoms with Crippen LogP contribution in [0.5, 0.6) is 0 Å². The molecule has 88 valence electrons. The summed E-state index contributed by atoms with van der Waals surface area (Å²) in [7, 11) is 0. The summed E-state index contributed by atoms with van der Waals surface area (Å²) in [5.41, 5.74) is 5.85. The van der Waals surface area contributed by atoms with Crippen LogP contribution in [-0.4, -0.2) is 43.0 Å². The number of likely N-dealkylation sites (tertiary alicyclic amines) is 1. The van der Waals surface area contributed by atoms with E-state index in [1.54, 1.807) is 0 Å². The van der Waals surface area contributed by atoms with Crippen molar-refractivity contribution in [3.05, 3.63) is 0 Å². The Morgan fingerprint density at radius 3 is 2.80 bits per heavy atom. The second-order valence-electron chi connectivity index (χ2n) is 4.38. The van der Waals surface area contributed by atoms with Crippen LogP contribution in [0.15, 0.2) is 0 Å². The minimum atomic E-state index is 0. The van der Waals surface area contributed by atoms with Gasteiger partial charge in [-0.15, -0.1) is 12.4 Å². The van der Waals surface area contributed by atoms with Crippen LogP contribution in [0.3, 0.4) is 0 Å². The molecule has 0 spiro atoms. The fourth-order valence-corrected chi connectivity index (χ4v) is 2.33. The zero-order valence-corrected chi connectivity index (χ0v) is 9.76. The van der Waals surface area contributed by atoms with Gasteiger partial charge in [0.2, 0.25) is 5.91 Å². The Hall–Kier alpha value is -0.320. The van der Waals surface area contributed by atoms with E-state index in [-0.39, 0.29) is 24.4 Å². The molecule has 15 heavy (non-hydrogen) atoms. The Morgan fingerprint density at radius 1 is 1.40 bits per heavy atom. The van der Waals surface area contributed by atoms with Crippen LogP contribution in [0.4, 0.5) is 0 Å². The zero-order chi connectivity index (χ0) is 9.97. The number of amides is 1. The summed E-state index contributed by atoms with van der Waals surface area (Å²) >= 11 is 0. The first-order valence-corrected chi connectivity index (χ1v) is 5.52. The van der Waals surface area contributed by atoms with E-state index in [2.05, 4.69) is 5.32 Å². The molecule has 0 aromatic carbocycles. The van der Waals surface area contributed by atoms with Crippen LogP contribution in [0, 0.1) is 5.92 Å². The van der Waals surface area contributed by atoms with Gasteiger partial charge in [-0.3, -0.25) is 4.79 Å². The molecule has 1 unspecified atom stereocenters. The number of nitrogens with two attached hydrogens (primary N) is 1. The summed E-state index contributed by atoms with van der Waals surface area (Å²) in [5.74, 6) is 0.519. The summed E-state index contributed by atoms with van der Waals surface area (Å²) in [4.78, 5) is 13.9. The molecule has 0 saturated carbocycles. The van der Waals surface area contributed by atoms with E-state index in [9.17, 15) is 4.79 Å². The number of nitrogens with zero attached hydrogens (tertiary/aromatic N) is 1. The van der Waals surface area contributed by atoms with Gasteiger partial charge in [0.1, 0.15) is 0 Å². The van der Waals surface area contributed by atoms with Gasteiger partial charge in [0, 0.05) is 25.7 Å². The first-order chi connectivity index (χ1) is 6.77. The monoisotopic (exact) mass is 233 g/mol. The van der Waals surface area contributed by atoms with Crippen molar-refractivity contribution in [1.82, 2.24) is 10.2 Å². The summed E-state index contributed by atoms with van der Waals surface area (Å²) in [6.45, 7) is 3.50. The molecule has 2 atom stereocenters. The third-order valence-electron chi connectivity index (χ3n) is 3.18. The van der Waals surface area contributed by atoms with Gasteiger partial charge in [-0.05, 0) is 25.8 Å². The minimum absolute atomic E-state index is 0. The Morgan fingerprint density at radius 2 is 2.20 bits per heavy atom. The number of nitrogens with one attached hydrogen (secondary N) is 1. The highest BCUT2D eigenvalue weighted by Crippen LogP contribution is 2.15. The molecule has 2 rings (SSSR count). The van der Waals surface area contributed by atoms with E-state index in [0.717, 1.165) is 45.4 Å². The van der Waals surface area contributed by atoms with Gasteiger partial charge in [0.25, 0.3) is 0 Å². The van der Waals surface area contributed by atoms with Crippen LogP contribution >= 0.6 is 12.4 Å². The quantitative estimate of drug-likeness (QED) is 0.669. The summed E-state index contributed by atoms with van der Waals surface area (Å²) in [6, 6.07) is 0.196. The lowest BCUT2D eigenvalue weighted by atomic mass is 10.0. The molecule has 0 radical (unpaired) electrons. The van der Waals surface area contributed by atoms with Crippen molar-refractivity contribution in [2.45, 2.75) is 25.3 Å². The first kappa shape index (κ1) is 12.7. The van der Waals surface area contributed by atoms with Crippen molar-refractivity contribution in [3.63, 3.8) is 0 Å². The molecular formula is C10H20ClN3O.